The van der Waals surface area contributed by atoms with E-state index in [1.165, 1.54) is 30.3 Å². The summed E-state index contributed by atoms with van der Waals surface area (Å²) in [7, 11) is 0. The summed E-state index contributed by atoms with van der Waals surface area (Å²) in [5, 5.41) is 3.24. The van der Waals surface area contributed by atoms with Crippen LogP contribution in [0.5, 0.6) is 11.5 Å². The van der Waals surface area contributed by atoms with Crippen molar-refractivity contribution in [3.05, 3.63) is 72.3 Å². The van der Waals surface area contributed by atoms with Gasteiger partial charge in [0.05, 0.1) is 11.7 Å². The minimum atomic E-state index is -4.81. The summed E-state index contributed by atoms with van der Waals surface area (Å²) < 4.78 is 85.6. The van der Waals surface area contributed by atoms with Crippen molar-refractivity contribution in [1.82, 2.24) is 0 Å². The lowest BCUT2D eigenvalue weighted by atomic mass is 10.0. The Balaban J connectivity index is 1.59. The molecule has 0 amide bonds. The molecule has 1 heterocycles. The van der Waals surface area contributed by atoms with E-state index < -0.39 is 17.9 Å². The van der Waals surface area contributed by atoms with E-state index in [4.69, 9.17) is 4.74 Å². The fraction of sp³-hybridized carbons (Fsp3) is 0.182. The molecule has 0 aliphatic carbocycles. The first kappa shape index (κ1) is 22.2. The zero-order chi connectivity index (χ0) is 22.9. The number of hydrogen-bond donors (Lipinski definition) is 1. The highest BCUT2D eigenvalue weighted by atomic mass is 32.2. The number of rotatable bonds is 4. The van der Waals surface area contributed by atoms with Crippen LogP contribution in [0.2, 0.25) is 0 Å². The second kappa shape index (κ2) is 8.50. The predicted molar refractivity (Wildman–Crippen MR) is 109 cm³/mol. The molecule has 0 saturated heterocycles. The van der Waals surface area contributed by atoms with Crippen molar-refractivity contribution in [1.29, 1.82) is 0 Å². The Kier molecular flexibility index (Phi) is 5.89. The van der Waals surface area contributed by atoms with Crippen molar-refractivity contribution in [3.8, 4) is 22.6 Å². The second-order valence-electron chi connectivity index (χ2n) is 6.89. The third-order valence-electron chi connectivity index (χ3n) is 4.61. The van der Waals surface area contributed by atoms with Gasteiger partial charge in [0.25, 0.3) is 0 Å². The topological polar surface area (TPSA) is 30.5 Å². The molecule has 3 nitrogen and oxygen atoms in total. The fourth-order valence-corrected chi connectivity index (χ4v) is 4.01. The molecule has 10 heteroatoms. The van der Waals surface area contributed by atoms with Gasteiger partial charge in [0.2, 0.25) is 0 Å². The number of nitrogens with one attached hydrogen (secondary N) is 1. The lowest BCUT2D eigenvalue weighted by Crippen LogP contribution is -2.24. The fourth-order valence-electron chi connectivity index (χ4n) is 3.40. The van der Waals surface area contributed by atoms with Crippen LogP contribution in [0.3, 0.4) is 0 Å². The molecule has 0 bridgehead atoms. The molecule has 0 fully saturated rings. The lowest BCUT2D eigenvalue weighted by molar-refractivity contribution is -0.274. The molecule has 1 aliphatic heterocycles. The van der Waals surface area contributed by atoms with E-state index in [1.54, 1.807) is 36.4 Å². The number of halogens is 6. The van der Waals surface area contributed by atoms with Crippen LogP contribution in [-0.2, 0) is 0 Å². The maximum atomic E-state index is 12.7. The van der Waals surface area contributed by atoms with E-state index >= 15 is 0 Å². The number of thioether (sulfide) groups is 1. The molecule has 0 aromatic heterocycles. The number of ether oxygens (including phenoxy) is 2. The number of benzene rings is 3. The number of anilines is 1. The smallest absolute Gasteiger partial charge is 0.488 e. The molecule has 0 saturated carbocycles. The Morgan fingerprint density at radius 2 is 1.66 bits per heavy atom. The molecule has 32 heavy (non-hydrogen) atoms. The SMILES string of the molecule is FC(F)(F)Oc1cccc(-c2cccc3c2OCC(c2cccc(SC(F)(F)F)c2)N3)c1. The largest absolute Gasteiger partial charge is 0.573 e. The van der Waals surface area contributed by atoms with Gasteiger partial charge in [-0.2, -0.15) is 13.2 Å². The van der Waals surface area contributed by atoms with Gasteiger partial charge in [-0.25, -0.2) is 0 Å². The van der Waals surface area contributed by atoms with Crippen LogP contribution in [0, 0.1) is 0 Å². The molecule has 1 aliphatic rings. The van der Waals surface area contributed by atoms with Gasteiger partial charge >= 0.3 is 11.9 Å². The highest BCUT2D eigenvalue weighted by Crippen LogP contribution is 2.43. The van der Waals surface area contributed by atoms with Gasteiger partial charge in [0.1, 0.15) is 18.1 Å². The molecular weight excluding hydrogens is 456 g/mol. The molecule has 0 radical (unpaired) electrons. The summed E-state index contributed by atoms with van der Waals surface area (Å²) in [6.45, 7) is 0.128. The molecular formula is C22H15F6NO2S. The summed E-state index contributed by atoms with van der Waals surface area (Å²) in [6, 6.07) is 16.4. The predicted octanol–water partition coefficient (Wildman–Crippen LogP) is 7.41. The van der Waals surface area contributed by atoms with Crippen LogP contribution in [0.15, 0.2) is 71.6 Å². The Hall–Kier alpha value is -3.01. The van der Waals surface area contributed by atoms with Gasteiger partial charge in [-0.1, -0.05) is 36.4 Å². The molecule has 1 N–H and O–H groups in total. The molecule has 1 atom stereocenters. The van der Waals surface area contributed by atoms with Crippen LogP contribution in [0.4, 0.5) is 32.0 Å². The monoisotopic (exact) mass is 471 g/mol. The quantitative estimate of drug-likeness (QED) is 0.317. The average molecular weight is 471 g/mol. The van der Waals surface area contributed by atoms with E-state index in [-0.39, 0.29) is 29.0 Å². The third kappa shape index (κ3) is 5.42. The van der Waals surface area contributed by atoms with E-state index in [0.717, 1.165) is 0 Å². The zero-order valence-corrected chi connectivity index (χ0v) is 16.9. The molecule has 4 rings (SSSR count). The van der Waals surface area contributed by atoms with Crippen molar-refractivity contribution in [3.63, 3.8) is 0 Å². The maximum absolute atomic E-state index is 12.7. The number of alkyl halides is 6. The zero-order valence-electron chi connectivity index (χ0n) is 16.1. The van der Waals surface area contributed by atoms with Crippen molar-refractivity contribution < 1.29 is 35.8 Å². The average Bonchev–Trinajstić information content (AvgIpc) is 2.71. The number of para-hydroxylation sites is 1. The Bertz CT molecular complexity index is 1120. The highest BCUT2D eigenvalue weighted by Gasteiger charge is 2.32. The van der Waals surface area contributed by atoms with E-state index in [9.17, 15) is 26.3 Å². The summed E-state index contributed by atoms with van der Waals surface area (Å²) in [5.41, 5.74) is -2.17. The molecule has 168 valence electrons. The van der Waals surface area contributed by atoms with Gasteiger partial charge in [-0.15, -0.1) is 13.2 Å². The summed E-state index contributed by atoms with van der Waals surface area (Å²) in [6.07, 6.45) is -4.81. The molecule has 3 aromatic rings. The number of hydrogen-bond acceptors (Lipinski definition) is 4. The molecule has 0 spiro atoms. The second-order valence-corrected chi connectivity index (χ2v) is 8.02. The summed E-state index contributed by atoms with van der Waals surface area (Å²) in [5.74, 6) is 0.0851. The van der Waals surface area contributed by atoms with Crippen LogP contribution < -0.4 is 14.8 Å². The van der Waals surface area contributed by atoms with Crippen molar-refractivity contribution >= 4 is 17.4 Å². The normalized spacial score (nSPS) is 16.0. The van der Waals surface area contributed by atoms with E-state index in [0.29, 0.717) is 28.1 Å². The van der Waals surface area contributed by atoms with E-state index in [2.05, 4.69) is 10.1 Å². The molecule has 3 aromatic carbocycles. The Morgan fingerprint density at radius 3 is 2.41 bits per heavy atom. The Morgan fingerprint density at radius 1 is 0.906 bits per heavy atom. The number of fused-ring (bicyclic) bond motifs is 1. The standard InChI is InChI=1S/C22H15F6NO2S/c23-21(24,25)31-15-6-1-4-13(10-15)17-8-3-9-18-20(17)30-12-19(29-18)14-5-2-7-16(11-14)32-22(26,27)28/h1-11,19,29H,12H2. The van der Waals surface area contributed by atoms with Crippen LogP contribution >= 0.6 is 11.8 Å². The van der Waals surface area contributed by atoms with Crippen LogP contribution in [0.1, 0.15) is 11.6 Å². The maximum Gasteiger partial charge on any atom is 0.573 e. The lowest BCUT2D eigenvalue weighted by Gasteiger charge is -2.29. The summed E-state index contributed by atoms with van der Waals surface area (Å²) in [4.78, 5) is 0.0674. The van der Waals surface area contributed by atoms with Crippen LogP contribution in [0.25, 0.3) is 11.1 Å². The van der Waals surface area contributed by atoms with Gasteiger partial charge in [-0.3, -0.25) is 0 Å². The first-order valence-electron chi connectivity index (χ1n) is 9.32. The molecule has 1 unspecified atom stereocenters. The highest BCUT2D eigenvalue weighted by molar-refractivity contribution is 8.00. The first-order valence-corrected chi connectivity index (χ1v) is 10.1. The van der Waals surface area contributed by atoms with Gasteiger partial charge in [0.15, 0.2) is 0 Å². The van der Waals surface area contributed by atoms with Gasteiger partial charge in [-0.05, 0) is 53.2 Å². The van der Waals surface area contributed by atoms with Crippen molar-refractivity contribution in [2.45, 2.75) is 22.8 Å². The third-order valence-corrected chi connectivity index (χ3v) is 5.33. The first-order chi connectivity index (χ1) is 15.1. The van der Waals surface area contributed by atoms with Crippen molar-refractivity contribution in [2.75, 3.05) is 11.9 Å². The van der Waals surface area contributed by atoms with Gasteiger partial charge < -0.3 is 14.8 Å². The van der Waals surface area contributed by atoms with E-state index in [1.807, 2.05) is 0 Å². The summed E-state index contributed by atoms with van der Waals surface area (Å²) >= 11 is -0.191. The minimum absolute atomic E-state index is 0.0674. The minimum Gasteiger partial charge on any atom is -0.488 e. The Labute approximate surface area is 183 Å². The van der Waals surface area contributed by atoms with Crippen molar-refractivity contribution in [2.24, 2.45) is 0 Å². The van der Waals surface area contributed by atoms with Gasteiger partial charge in [0, 0.05) is 10.5 Å². The van der Waals surface area contributed by atoms with Crippen LogP contribution in [-0.4, -0.2) is 18.5 Å².